The van der Waals surface area contributed by atoms with Crippen LogP contribution in [0.25, 0.3) is 22.3 Å². The molecule has 0 saturated heterocycles. The summed E-state index contributed by atoms with van der Waals surface area (Å²) in [6.07, 6.45) is 3.69. The van der Waals surface area contributed by atoms with Crippen LogP contribution in [0, 0.1) is 26.0 Å². The minimum atomic E-state index is 0. The maximum atomic E-state index is 5.95. The Morgan fingerprint density at radius 2 is 1.60 bits per heavy atom. The van der Waals surface area contributed by atoms with E-state index < -0.39 is 0 Å². The summed E-state index contributed by atoms with van der Waals surface area (Å²) < 4.78 is 5.95. The average molecular weight is 631 g/mol. The minimum Gasteiger partial charge on any atom is -0.460 e. The van der Waals surface area contributed by atoms with Crippen LogP contribution in [0.5, 0.6) is 11.6 Å². The largest absolute Gasteiger partial charge is 2.00 e. The molecule has 0 amide bonds. The summed E-state index contributed by atoms with van der Waals surface area (Å²) in [5.41, 5.74) is 10.1. The van der Waals surface area contributed by atoms with Crippen LogP contribution < -0.4 is 21.3 Å². The van der Waals surface area contributed by atoms with Crippen molar-refractivity contribution in [2.75, 3.05) is 0 Å². The van der Waals surface area contributed by atoms with Gasteiger partial charge >= 0.3 is 21.1 Å². The van der Waals surface area contributed by atoms with Gasteiger partial charge in [-0.15, -0.1) is 23.8 Å². The quantitative estimate of drug-likeness (QED) is 0.210. The Hall–Kier alpha value is -3.49. The number of aromatic nitrogens is 2. The number of rotatable bonds is 4. The smallest absolute Gasteiger partial charge is 0.460 e. The molecular weight excluding hydrogens is 610 g/mol. The van der Waals surface area contributed by atoms with Crippen LogP contribution >= 0.6 is 0 Å². The van der Waals surface area contributed by atoms with Gasteiger partial charge in [-0.05, 0) is 37.1 Å². The number of ether oxygens (including phenoxy) is 1. The van der Waals surface area contributed by atoms with Crippen LogP contribution in [0.3, 0.4) is 0 Å². The fourth-order valence-corrected chi connectivity index (χ4v) is 4.60. The molecule has 5 heteroatoms. The van der Waals surface area contributed by atoms with E-state index in [0.29, 0.717) is 11.6 Å². The number of benzene rings is 3. The van der Waals surface area contributed by atoms with Gasteiger partial charge in [-0.25, -0.2) is 16.1 Å². The van der Waals surface area contributed by atoms with Crippen molar-refractivity contribution >= 4 is 23.2 Å². The molecule has 0 bridgehead atoms. The third-order valence-electron chi connectivity index (χ3n) is 6.22. The molecule has 5 aromatic rings. The topological polar surface area (TPSA) is 35.0 Å². The van der Waals surface area contributed by atoms with Crippen LogP contribution in [0.2, 0.25) is 0 Å². The van der Waals surface area contributed by atoms with Crippen LogP contribution in [-0.4, -0.2) is 16.7 Å². The van der Waals surface area contributed by atoms with E-state index in [1.165, 1.54) is 22.2 Å². The third-order valence-corrected chi connectivity index (χ3v) is 6.22. The molecule has 2 aromatic heterocycles. The number of nitrogens with zero attached hydrogens (tertiary/aromatic N) is 2. The first-order chi connectivity index (χ1) is 16.7. The Bertz CT molecular complexity index is 1520. The Morgan fingerprint density at radius 1 is 0.743 bits per heavy atom. The summed E-state index contributed by atoms with van der Waals surface area (Å²) in [6, 6.07) is 34.0. The number of hydrogen-bond acceptors (Lipinski definition) is 3. The molecule has 6 rings (SSSR count). The van der Waals surface area contributed by atoms with E-state index in [-0.39, 0.29) is 27.8 Å². The molecule has 35 heavy (non-hydrogen) atoms. The van der Waals surface area contributed by atoms with Crippen molar-refractivity contribution in [1.29, 1.82) is 0 Å². The van der Waals surface area contributed by atoms with Gasteiger partial charge in [0.1, 0.15) is 0 Å². The van der Waals surface area contributed by atoms with E-state index in [2.05, 4.69) is 66.5 Å². The van der Waals surface area contributed by atoms with Gasteiger partial charge in [-0.2, -0.15) is 29.7 Å². The maximum Gasteiger partial charge on any atom is 2.00 e. The van der Waals surface area contributed by atoms with Gasteiger partial charge in [0, 0.05) is 29.8 Å². The monoisotopic (exact) mass is 631 g/mol. The van der Waals surface area contributed by atoms with Crippen LogP contribution in [0.15, 0.2) is 91.3 Å². The van der Waals surface area contributed by atoms with E-state index in [1.54, 1.807) is 6.20 Å². The molecule has 170 valence electrons. The SMILES string of the molecule is Cc1ccc(Oc2[c-]c(-c3[c-]c4c(cc3)-c3ccccc3B4c3cc(C)ccn3)ccc2)nc1.[Pt+2]. The van der Waals surface area contributed by atoms with Crippen molar-refractivity contribution in [3.8, 4) is 33.9 Å². The van der Waals surface area contributed by atoms with Gasteiger partial charge in [0.2, 0.25) is 12.6 Å². The third kappa shape index (κ3) is 4.47. The Labute approximate surface area is 220 Å². The second kappa shape index (κ2) is 9.64. The molecule has 1 aliphatic rings. The molecule has 0 unspecified atom stereocenters. The minimum absolute atomic E-state index is 0. The van der Waals surface area contributed by atoms with Gasteiger partial charge in [-0.1, -0.05) is 41.4 Å². The first-order valence-corrected chi connectivity index (χ1v) is 11.4. The first kappa shape index (κ1) is 23.3. The number of hydrogen-bond donors (Lipinski definition) is 0. The van der Waals surface area contributed by atoms with E-state index in [1.807, 2.05) is 49.5 Å². The van der Waals surface area contributed by atoms with Crippen LogP contribution in [0.1, 0.15) is 11.1 Å². The normalized spacial score (nSPS) is 11.4. The summed E-state index contributed by atoms with van der Waals surface area (Å²) in [6.45, 7) is 4.17. The predicted molar refractivity (Wildman–Crippen MR) is 138 cm³/mol. The first-order valence-electron chi connectivity index (χ1n) is 11.4. The molecule has 1 aliphatic heterocycles. The molecule has 0 atom stereocenters. The predicted octanol–water partition coefficient (Wildman–Crippen LogP) is 4.65. The van der Waals surface area contributed by atoms with E-state index >= 15 is 0 Å². The van der Waals surface area contributed by atoms with Gasteiger partial charge in [0.25, 0.3) is 0 Å². The van der Waals surface area contributed by atoms with E-state index in [0.717, 1.165) is 27.7 Å². The molecule has 0 fully saturated rings. The summed E-state index contributed by atoms with van der Waals surface area (Å²) in [4.78, 5) is 9.07. The fraction of sp³-hybridized carbons (Fsp3) is 0.0667. The van der Waals surface area contributed by atoms with Crippen molar-refractivity contribution in [2.45, 2.75) is 13.8 Å². The fourth-order valence-electron chi connectivity index (χ4n) is 4.60. The van der Waals surface area contributed by atoms with Gasteiger partial charge in [0.15, 0.2) is 0 Å². The molecule has 0 aliphatic carbocycles. The van der Waals surface area contributed by atoms with Crippen molar-refractivity contribution in [1.82, 2.24) is 9.97 Å². The molecule has 3 aromatic carbocycles. The Morgan fingerprint density at radius 3 is 2.43 bits per heavy atom. The number of pyridine rings is 2. The Kier molecular flexibility index (Phi) is 6.41. The summed E-state index contributed by atoms with van der Waals surface area (Å²) >= 11 is 0. The second-order valence-corrected chi connectivity index (χ2v) is 8.68. The van der Waals surface area contributed by atoms with E-state index in [9.17, 15) is 0 Å². The van der Waals surface area contributed by atoms with Crippen molar-refractivity contribution in [3.63, 3.8) is 0 Å². The zero-order valence-electron chi connectivity index (χ0n) is 19.4. The van der Waals surface area contributed by atoms with Gasteiger partial charge in [0.05, 0.1) is 0 Å². The van der Waals surface area contributed by atoms with Crippen LogP contribution in [-0.2, 0) is 21.1 Å². The molecule has 0 spiro atoms. The number of aryl methyl sites for hydroxylation is 2. The van der Waals surface area contributed by atoms with E-state index in [4.69, 9.17) is 9.72 Å². The standard InChI is InChI=1S/C30H21BN2O.Pt/c1-20-14-15-32-29(16-20)31-27-9-4-3-8-25(27)26-12-11-23(18-28(26)31)22-6-5-7-24(17-22)34-30-13-10-21(2)19-33-30;/h3-16,19H,1-2H3;/q-2;+2. The molecule has 3 nitrogen and oxygen atoms in total. The van der Waals surface area contributed by atoms with Gasteiger partial charge in [-0.3, -0.25) is 4.98 Å². The zero-order valence-corrected chi connectivity index (χ0v) is 21.6. The van der Waals surface area contributed by atoms with Crippen molar-refractivity contribution in [3.05, 3.63) is 115 Å². The Balaban J connectivity index is 0.00000253. The van der Waals surface area contributed by atoms with Crippen molar-refractivity contribution in [2.24, 2.45) is 0 Å². The molecule has 0 N–H and O–H groups in total. The molecule has 0 radical (unpaired) electrons. The molecule has 3 heterocycles. The van der Waals surface area contributed by atoms with Crippen molar-refractivity contribution < 1.29 is 25.8 Å². The summed E-state index contributed by atoms with van der Waals surface area (Å²) in [7, 11) is 0. The number of fused-ring (bicyclic) bond motifs is 3. The maximum absolute atomic E-state index is 5.95. The molecular formula is C30H21BN2OPt. The summed E-state index contributed by atoms with van der Waals surface area (Å²) in [5.74, 6) is 1.18. The van der Waals surface area contributed by atoms with Crippen LogP contribution in [0.4, 0.5) is 0 Å². The molecule has 0 saturated carbocycles. The zero-order chi connectivity index (χ0) is 23.1. The average Bonchev–Trinajstić information content (AvgIpc) is 3.19. The summed E-state index contributed by atoms with van der Waals surface area (Å²) in [5, 5.41) is 0. The van der Waals surface area contributed by atoms with Gasteiger partial charge < -0.3 is 4.74 Å². The second-order valence-electron chi connectivity index (χ2n) is 8.68.